The van der Waals surface area contributed by atoms with Crippen molar-refractivity contribution in [3.8, 4) is 0 Å². The summed E-state index contributed by atoms with van der Waals surface area (Å²) in [6, 6.07) is 7.48. The van der Waals surface area contributed by atoms with Crippen molar-refractivity contribution in [1.29, 1.82) is 0 Å². The molecule has 3 aliphatic rings. The Morgan fingerprint density at radius 3 is 2.70 bits per heavy atom. The molecule has 1 saturated carbocycles. The number of carbonyl (C=O) groups excluding carboxylic acids is 2. The molecule has 2 aliphatic carbocycles. The van der Waals surface area contributed by atoms with Crippen molar-refractivity contribution < 1.29 is 9.59 Å². The first-order valence-electron chi connectivity index (χ1n) is 13.7. The van der Waals surface area contributed by atoms with Gasteiger partial charge in [0.05, 0.1) is 17.8 Å². The molecular weight excluding hydrogens is 504 g/mol. The van der Waals surface area contributed by atoms with Gasteiger partial charge in [0.2, 0.25) is 11.8 Å². The summed E-state index contributed by atoms with van der Waals surface area (Å²) in [7, 11) is 1.77. The third-order valence-corrected chi connectivity index (χ3v) is 9.72. The molecular formula is C29H37ClN4O2S. The summed E-state index contributed by atoms with van der Waals surface area (Å²) in [5, 5.41) is 7.03. The van der Waals surface area contributed by atoms with E-state index in [0.29, 0.717) is 10.9 Å². The normalized spacial score (nSPS) is 23.5. The van der Waals surface area contributed by atoms with E-state index in [1.807, 2.05) is 11.8 Å². The lowest BCUT2D eigenvalue weighted by Gasteiger charge is -2.35. The first-order chi connectivity index (χ1) is 18.0. The number of hydrogen-bond donors (Lipinski definition) is 2. The van der Waals surface area contributed by atoms with Crippen molar-refractivity contribution in [1.82, 2.24) is 20.5 Å². The van der Waals surface area contributed by atoms with Crippen LogP contribution in [0.3, 0.4) is 0 Å². The molecule has 5 rings (SSSR count). The number of allylic oxidation sites excluding steroid dienone is 1. The maximum atomic E-state index is 14.1. The van der Waals surface area contributed by atoms with Crippen molar-refractivity contribution in [2.75, 3.05) is 13.6 Å². The third kappa shape index (κ3) is 5.50. The van der Waals surface area contributed by atoms with Gasteiger partial charge in [-0.1, -0.05) is 67.3 Å². The number of carbonyl (C=O) groups is 2. The molecule has 2 heterocycles. The van der Waals surface area contributed by atoms with Crippen LogP contribution in [0.5, 0.6) is 0 Å². The number of benzene rings is 1. The van der Waals surface area contributed by atoms with Gasteiger partial charge in [0.1, 0.15) is 15.4 Å². The zero-order valence-electron chi connectivity index (χ0n) is 21.7. The second kappa shape index (κ2) is 11.7. The predicted molar refractivity (Wildman–Crippen MR) is 150 cm³/mol. The van der Waals surface area contributed by atoms with E-state index < -0.39 is 6.04 Å². The maximum absolute atomic E-state index is 14.1. The second-order valence-electron chi connectivity index (χ2n) is 10.6. The largest absolute Gasteiger partial charge is 0.343 e. The summed E-state index contributed by atoms with van der Waals surface area (Å²) in [5.41, 5.74) is 3.38. The molecule has 4 atom stereocenters. The molecule has 1 aromatic heterocycles. The number of amides is 2. The van der Waals surface area contributed by atoms with E-state index in [4.69, 9.17) is 16.6 Å². The highest BCUT2D eigenvalue weighted by Crippen LogP contribution is 2.44. The minimum Gasteiger partial charge on any atom is -0.343 e. The van der Waals surface area contributed by atoms with E-state index in [-0.39, 0.29) is 35.7 Å². The van der Waals surface area contributed by atoms with Crippen molar-refractivity contribution >= 4 is 40.8 Å². The number of nitrogens with one attached hydrogen (secondary N) is 2. The van der Waals surface area contributed by atoms with Crippen LogP contribution in [0, 0.1) is 5.92 Å². The van der Waals surface area contributed by atoms with Crippen LogP contribution in [0.2, 0.25) is 4.34 Å². The average Bonchev–Trinajstić information content (AvgIpc) is 3.57. The molecule has 1 saturated heterocycles. The van der Waals surface area contributed by atoms with Gasteiger partial charge in [0.25, 0.3) is 0 Å². The molecule has 1 unspecified atom stereocenters. The Morgan fingerprint density at radius 1 is 1.14 bits per heavy atom. The molecule has 1 aromatic carbocycles. The number of likely N-dealkylation sites (tertiary alicyclic amines) is 1. The Labute approximate surface area is 228 Å². The van der Waals surface area contributed by atoms with Gasteiger partial charge in [-0.15, -0.1) is 11.3 Å². The summed E-state index contributed by atoms with van der Waals surface area (Å²) >= 11 is 8.33. The topological polar surface area (TPSA) is 74.3 Å². The smallest absolute Gasteiger partial charge is 0.246 e. The van der Waals surface area contributed by atoms with E-state index in [1.54, 1.807) is 7.05 Å². The van der Waals surface area contributed by atoms with Gasteiger partial charge in [-0.05, 0) is 63.1 Å². The Hall–Kier alpha value is -2.22. The van der Waals surface area contributed by atoms with E-state index in [0.717, 1.165) is 55.6 Å². The number of fused-ring (bicyclic) bond motifs is 1. The number of nitrogens with zero attached hydrogens (tertiary/aromatic N) is 2. The van der Waals surface area contributed by atoms with Crippen LogP contribution in [-0.2, 0) is 9.59 Å². The molecule has 1 aliphatic heterocycles. The average molecular weight is 541 g/mol. The Kier molecular flexibility index (Phi) is 8.32. The minimum absolute atomic E-state index is 0.0323. The SMILES string of the molecule is CN[C@@H](C)C(=O)N[C@H](C(=O)N1CCC[C@H]1c1nc(C2CC=Cc3ccccc32)c(Cl)s1)C1CCCCC1. The number of rotatable bonds is 7. The van der Waals surface area contributed by atoms with Gasteiger partial charge in [0.15, 0.2) is 0 Å². The third-order valence-electron chi connectivity index (χ3n) is 8.33. The van der Waals surface area contributed by atoms with Crippen LogP contribution < -0.4 is 10.6 Å². The minimum atomic E-state index is -0.491. The lowest BCUT2D eigenvalue weighted by atomic mass is 9.83. The summed E-state index contributed by atoms with van der Waals surface area (Å²) in [6.45, 7) is 2.51. The lowest BCUT2D eigenvalue weighted by Crippen LogP contribution is -2.55. The van der Waals surface area contributed by atoms with Gasteiger partial charge in [-0.25, -0.2) is 4.98 Å². The molecule has 2 amide bonds. The van der Waals surface area contributed by atoms with Crippen LogP contribution in [0.4, 0.5) is 0 Å². The molecule has 6 nitrogen and oxygen atoms in total. The first-order valence-corrected chi connectivity index (χ1v) is 14.9. The van der Waals surface area contributed by atoms with Crippen LogP contribution in [0.25, 0.3) is 6.08 Å². The second-order valence-corrected chi connectivity index (χ2v) is 12.2. The van der Waals surface area contributed by atoms with Gasteiger partial charge in [-0.3, -0.25) is 9.59 Å². The molecule has 2 aromatic rings. The first kappa shape index (κ1) is 26.4. The van der Waals surface area contributed by atoms with Crippen LogP contribution in [0.15, 0.2) is 30.3 Å². The van der Waals surface area contributed by atoms with Crippen LogP contribution in [0.1, 0.15) is 92.1 Å². The molecule has 0 bridgehead atoms. The molecule has 8 heteroatoms. The summed E-state index contributed by atoms with van der Waals surface area (Å²) < 4.78 is 0.712. The van der Waals surface area contributed by atoms with E-state index in [9.17, 15) is 9.59 Å². The highest BCUT2D eigenvalue weighted by Gasteiger charge is 2.40. The summed E-state index contributed by atoms with van der Waals surface area (Å²) in [4.78, 5) is 34.0. The molecule has 198 valence electrons. The van der Waals surface area contributed by atoms with Crippen molar-refractivity contribution in [2.45, 2.75) is 82.3 Å². The van der Waals surface area contributed by atoms with Crippen molar-refractivity contribution in [2.24, 2.45) is 5.92 Å². The lowest BCUT2D eigenvalue weighted by molar-refractivity contribution is -0.139. The number of aromatic nitrogens is 1. The zero-order valence-corrected chi connectivity index (χ0v) is 23.3. The highest BCUT2D eigenvalue weighted by atomic mass is 35.5. The number of likely N-dealkylation sites (N-methyl/N-ethyl adjacent to an activating group) is 1. The number of thiazole rings is 1. The monoisotopic (exact) mass is 540 g/mol. The highest BCUT2D eigenvalue weighted by molar-refractivity contribution is 7.16. The molecule has 2 N–H and O–H groups in total. The number of halogens is 1. The van der Waals surface area contributed by atoms with E-state index in [1.165, 1.54) is 28.9 Å². The Balaban J connectivity index is 1.39. The van der Waals surface area contributed by atoms with Crippen LogP contribution >= 0.6 is 22.9 Å². The van der Waals surface area contributed by atoms with Gasteiger partial charge < -0.3 is 15.5 Å². The van der Waals surface area contributed by atoms with Crippen LogP contribution in [-0.4, -0.2) is 47.4 Å². The Bertz CT molecular complexity index is 1160. The predicted octanol–water partition coefficient (Wildman–Crippen LogP) is 5.68. The fourth-order valence-corrected chi connectivity index (χ4v) is 7.52. The van der Waals surface area contributed by atoms with Crippen molar-refractivity contribution in [3.05, 3.63) is 56.5 Å². The Morgan fingerprint density at radius 2 is 1.92 bits per heavy atom. The summed E-state index contributed by atoms with van der Waals surface area (Å²) in [5.74, 6) is 0.216. The molecule has 0 spiro atoms. The fraction of sp³-hybridized carbons (Fsp3) is 0.552. The summed E-state index contributed by atoms with van der Waals surface area (Å²) in [6.07, 6.45) is 12.4. The standard InChI is InChI=1S/C29H37ClN4O2S/c1-18(31-2)27(35)32-24(20-11-4-3-5-12-20)29(36)34-17-9-16-23(34)28-33-25(26(30)37-28)22-15-8-13-19-10-6-7-14-21(19)22/h6-8,10,13-14,18,20,22-24,31H,3-5,9,11-12,15-17H2,1-2H3,(H,32,35)/t18-,22?,23-,24-/m0/s1. The fourth-order valence-electron chi connectivity index (χ4n) is 6.11. The van der Waals surface area contributed by atoms with Crippen molar-refractivity contribution in [3.63, 3.8) is 0 Å². The van der Waals surface area contributed by atoms with Gasteiger partial charge in [-0.2, -0.15) is 0 Å². The molecule has 2 fully saturated rings. The van der Waals surface area contributed by atoms with E-state index >= 15 is 0 Å². The van der Waals surface area contributed by atoms with E-state index in [2.05, 4.69) is 47.1 Å². The number of hydrogen-bond acceptors (Lipinski definition) is 5. The zero-order chi connectivity index (χ0) is 25.9. The quantitative estimate of drug-likeness (QED) is 0.473. The van der Waals surface area contributed by atoms with Gasteiger partial charge >= 0.3 is 0 Å². The molecule has 0 radical (unpaired) electrons. The van der Waals surface area contributed by atoms with Gasteiger partial charge in [0, 0.05) is 12.5 Å². The maximum Gasteiger partial charge on any atom is 0.246 e. The molecule has 37 heavy (non-hydrogen) atoms.